The second kappa shape index (κ2) is 5.96. The van der Waals surface area contributed by atoms with Gasteiger partial charge in [0, 0.05) is 31.5 Å². The van der Waals surface area contributed by atoms with Crippen molar-refractivity contribution in [3.63, 3.8) is 0 Å². The van der Waals surface area contributed by atoms with Crippen LogP contribution in [0.5, 0.6) is 0 Å². The molecule has 0 saturated carbocycles. The van der Waals surface area contributed by atoms with Crippen molar-refractivity contribution in [2.24, 2.45) is 0 Å². The van der Waals surface area contributed by atoms with Gasteiger partial charge in [0.1, 0.15) is 6.33 Å². The normalized spacial score (nSPS) is 17.7. The van der Waals surface area contributed by atoms with Gasteiger partial charge in [-0.1, -0.05) is 0 Å². The smallest absolute Gasteiger partial charge is 0.224 e. The van der Waals surface area contributed by atoms with Crippen LogP contribution in [0.2, 0.25) is 0 Å². The third kappa shape index (κ3) is 2.89. The number of fused-ring (bicyclic) bond motifs is 1. The molecule has 0 radical (unpaired) electrons. The first-order valence-corrected chi connectivity index (χ1v) is 8.43. The summed E-state index contributed by atoms with van der Waals surface area (Å²) in [7, 11) is 0. The van der Waals surface area contributed by atoms with Crippen LogP contribution < -0.4 is 10.2 Å². The average Bonchev–Trinajstić information content (AvgIpc) is 3.27. The number of nitrogens with zero attached hydrogens (tertiary/aromatic N) is 5. The molecule has 1 fully saturated rings. The highest BCUT2D eigenvalue weighted by Crippen LogP contribution is 2.21. The highest BCUT2D eigenvalue weighted by atomic mass is 32.1. The average molecular weight is 328 g/mol. The quantitative estimate of drug-likeness (QED) is 0.777. The van der Waals surface area contributed by atoms with Gasteiger partial charge in [-0.2, -0.15) is 11.3 Å². The monoisotopic (exact) mass is 328 g/mol. The van der Waals surface area contributed by atoms with Crippen LogP contribution in [0, 0.1) is 0 Å². The maximum atomic E-state index is 12.1. The van der Waals surface area contributed by atoms with Gasteiger partial charge < -0.3 is 10.2 Å². The Kier molecular flexibility index (Phi) is 3.66. The number of anilines is 1. The van der Waals surface area contributed by atoms with Crippen LogP contribution in [0.1, 0.15) is 12.0 Å². The first kappa shape index (κ1) is 14.1. The van der Waals surface area contributed by atoms with Gasteiger partial charge in [0.15, 0.2) is 5.82 Å². The predicted octanol–water partition coefficient (Wildman–Crippen LogP) is 1.12. The third-order valence-corrected chi connectivity index (χ3v) is 4.73. The minimum absolute atomic E-state index is 0.0731. The van der Waals surface area contributed by atoms with E-state index in [0.717, 1.165) is 36.5 Å². The van der Waals surface area contributed by atoms with Crippen LogP contribution in [-0.2, 0) is 11.2 Å². The highest BCUT2D eigenvalue weighted by molar-refractivity contribution is 7.08. The minimum atomic E-state index is 0.0731. The fraction of sp³-hybridized carbons (Fsp3) is 0.333. The number of rotatable bonds is 4. The summed E-state index contributed by atoms with van der Waals surface area (Å²) in [5.74, 6) is 0.892. The zero-order chi connectivity index (χ0) is 15.6. The highest BCUT2D eigenvalue weighted by Gasteiger charge is 2.26. The zero-order valence-corrected chi connectivity index (χ0v) is 13.2. The fourth-order valence-corrected chi connectivity index (χ4v) is 3.56. The molecular formula is C15H16N6OS. The summed E-state index contributed by atoms with van der Waals surface area (Å²) in [6.45, 7) is 1.60. The minimum Gasteiger partial charge on any atom is -0.351 e. The third-order valence-electron chi connectivity index (χ3n) is 3.99. The number of hydrogen-bond acceptors (Lipinski definition) is 6. The summed E-state index contributed by atoms with van der Waals surface area (Å²) in [6.07, 6.45) is 6.59. The molecule has 4 rings (SSSR count). The maximum absolute atomic E-state index is 12.1. The summed E-state index contributed by atoms with van der Waals surface area (Å²) in [4.78, 5) is 18.7. The summed E-state index contributed by atoms with van der Waals surface area (Å²) in [6, 6.07) is 2.13. The van der Waals surface area contributed by atoms with E-state index in [-0.39, 0.29) is 11.9 Å². The van der Waals surface area contributed by atoms with Gasteiger partial charge in [-0.25, -0.2) is 4.98 Å². The van der Waals surface area contributed by atoms with Crippen molar-refractivity contribution in [1.29, 1.82) is 0 Å². The van der Waals surface area contributed by atoms with Crippen molar-refractivity contribution in [3.05, 3.63) is 41.1 Å². The van der Waals surface area contributed by atoms with Gasteiger partial charge in [-0.05, 0) is 28.8 Å². The summed E-state index contributed by atoms with van der Waals surface area (Å²) in [5.41, 5.74) is 1.81. The number of carbonyl (C=O) groups is 1. The van der Waals surface area contributed by atoms with Crippen LogP contribution in [0.3, 0.4) is 0 Å². The number of aromatic nitrogens is 4. The number of amides is 1. The molecule has 1 atom stereocenters. The van der Waals surface area contributed by atoms with E-state index < -0.39 is 0 Å². The molecule has 1 aliphatic rings. The molecule has 1 unspecified atom stereocenters. The van der Waals surface area contributed by atoms with Gasteiger partial charge in [0.05, 0.1) is 6.42 Å². The summed E-state index contributed by atoms with van der Waals surface area (Å²) >= 11 is 1.61. The van der Waals surface area contributed by atoms with Gasteiger partial charge in [0.2, 0.25) is 11.6 Å². The first-order valence-electron chi connectivity index (χ1n) is 7.49. The molecule has 8 heteroatoms. The molecule has 3 aromatic heterocycles. The van der Waals surface area contributed by atoms with E-state index in [1.165, 1.54) is 0 Å². The van der Waals surface area contributed by atoms with Gasteiger partial charge in [-0.3, -0.25) is 9.20 Å². The Morgan fingerprint density at radius 1 is 1.48 bits per heavy atom. The Hall–Kier alpha value is -2.48. The Bertz CT molecular complexity index is 814. The maximum Gasteiger partial charge on any atom is 0.224 e. The predicted molar refractivity (Wildman–Crippen MR) is 87.6 cm³/mol. The first-order chi connectivity index (χ1) is 11.3. The van der Waals surface area contributed by atoms with Crippen molar-refractivity contribution < 1.29 is 4.79 Å². The lowest BCUT2D eigenvalue weighted by Crippen LogP contribution is -2.38. The molecule has 0 aliphatic carbocycles. The van der Waals surface area contributed by atoms with Crippen LogP contribution >= 0.6 is 11.3 Å². The van der Waals surface area contributed by atoms with Gasteiger partial charge in [0.25, 0.3) is 0 Å². The molecule has 0 bridgehead atoms. The number of thiophene rings is 1. The van der Waals surface area contributed by atoms with E-state index in [2.05, 4.69) is 25.4 Å². The van der Waals surface area contributed by atoms with Crippen molar-refractivity contribution in [1.82, 2.24) is 24.9 Å². The number of nitrogens with one attached hydrogen (secondary N) is 1. The van der Waals surface area contributed by atoms with Gasteiger partial charge in [-0.15, -0.1) is 10.2 Å². The molecule has 1 N–H and O–H groups in total. The van der Waals surface area contributed by atoms with Crippen molar-refractivity contribution >= 4 is 28.7 Å². The second-order valence-electron chi connectivity index (χ2n) is 5.62. The number of hydrogen-bond donors (Lipinski definition) is 1. The molecule has 1 saturated heterocycles. The Morgan fingerprint density at radius 3 is 3.30 bits per heavy atom. The lowest BCUT2D eigenvalue weighted by atomic mass is 10.2. The van der Waals surface area contributed by atoms with Crippen molar-refractivity contribution in [3.8, 4) is 0 Å². The summed E-state index contributed by atoms with van der Waals surface area (Å²) < 4.78 is 1.85. The largest absolute Gasteiger partial charge is 0.351 e. The second-order valence-corrected chi connectivity index (χ2v) is 6.40. The van der Waals surface area contributed by atoms with Crippen LogP contribution in [0.25, 0.3) is 5.65 Å². The van der Waals surface area contributed by atoms with Crippen LogP contribution in [0.15, 0.2) is 35.5 Å². The Balaban J connectivity index is 1.41. The molecule has 7 nitrogen and oxygen atoms in total. The zero-order valence-electron chi connectivity index (χ0n) is 12.4. The Labute approximate surface area is 137 Å². The molecule has 3 aromatic rings. The van der Waals surface area contributed by atoms with Crippen molar-refractivity contribution in [2.45, 2.75) is 18.9 Å². The molecule has 4 heterocycles. The molecule has 1 amide bonds. The van der Waals surface area contributed by atoms with E-state index in [9.17, 15) is 4.79 Å². The summed E-state index contributed by atoms with van der Waals surface area (Å²) in [5, 5.41) is 15.2. The van der Waals surface area contributed by atoms with E-state index in [0.29, 0.717) is 6.42 Å². The lowest BCUT2D eigenvalue weighted by Gasteiger charge is -2.18. The van der Waals surface area contributed by atoms with Crippen molar-refractivity contribution in [2.75, 3.05) is 18.0 Å². The lowest BCUT2D eigenvalue weighted by molar-refractivity contribution is -0.121. The molecule has 118 valence electrons. The standard InChI is InChI=1S/C15H16N6OS/c22-13(7-11-2-6-23-9-11)18-12-1-4-20(8-12)14-15-19-17-10-21(15)5-3-16-14/h2-3,5-6,9-10,12H,1,4,7-8H2,(H,18,22). The van der Waals surface area contributed by atoms with Crippen LogP contribution in [-0.4, -0.2) is 44.6 Å². The van der Waals surface area contributed by atoms with E-state index in [1.54, 1.807) is 23.9 Å². The van der Waals surface area contributed by atoms with E-state index in [4.69, 9.17) is 0 Å². The fourth-order valence-electron chi connectivity index (χ4n) is 2.90. The molecular weight excluding hydrogens is 312 g/mol. The molecule has 1 aliphatic heterocycles. The molecule has 0 spiro atoms. The van der Waals surface area contributed by atoms with Crippen LogP contribution in [0.4, 0.5) is 5.82 Å². The number of carbonyl (C=O) groups excluding carboxylic acids is 1. The van der Waals surface area contributed by atoms with E-state index in [1.807, 2.05) is 27.4 Å². The van der Waals surface area contributed by atoms with Gasteiger partial charge >= 0.3 is 0 Å². The Morgan fingerprint density at radius 2 is 2.43 bits per heavy atom. The molecule has 0 aromatic carbocycles. The molecule has 23 heavy (non-hydrogen) atoms. The topological polar surface area (TPSA) is 75.4 Å². The van der Waals surface area contributed by atoms with E-state index >= 15 is 0 Å². The SMILES string of the molecule is O=C(Cc1ccsc1)NC1CCN(c2nccn3cnnc23)C1.